The van der Waals surface area contributed by atoms with E-state index < -0.39 is 4.92 Å². The first-order valence-electron chi connectivity index (χ1n) is 7.05. The minimum atomic E-state index is -0.573. The second-order valence-corrected chi connectivity index (χ2v) is 4.94. The number of ether oxygens (including phenoxy) is 1. The van der Waals surface area contributed by atoms with Gasteiger partial charge in [-0.2, -0.15) is 0 Å². The molecule has 24 heavy (non-hydrogen) atoms. The summed E-state index contributed by atoms with van der Waals surface area (Å²) in [6, 6.07) is 15.2. The molecule has 0 aliphatic rings. The summed E-state index contributed by atoms with van der Waals surface area (Å²) >= 11 is 0. The van der Waals surface area contributed by atoms with Gasteiger partial charge in [0.25, 0.3) is 0 Å². The molecule has 120 valence electrons. The van der Waals surface area contributed by atoms with Crippen LogP contribution in [0.1, 0.15) is 0 Å². The molecule has 0 saturated heterocycles. The van der Waals surface area contributed by atoms with Crippen molar-refractivity contribution in [1.29, 1.82) is 0 Å². The number of fused-ring (bicyclic) bond motifs is 1. The lowest BCUT2D eigenvalue weighted by Gasteiger charge is -2.05. The molecule has 0 aliphatic heterocycles. The maximum Gasteiger partial charge on any atom is 0.338 e. The third-order valence-electron chi connectivity index (χ3n) is 3.52. The maximum atomic E-state index is 11.3. The van der Waals surface area contributed by atoms with Crippen LogP contribution in [0.2, 0.25) is 0 Å². The number of hydrogen-bond acceptors (Lipinski definition) is 6. The van der Waals surface area contributed by atoms with E-state index in [9.17, 15) is 15.2 Å². The Morgan fingerprint density at radius 3 is 2.58 bits per heavy atom. The molecule has 0 saturated carbocycles. The molecule has 0 aliphatic carbocycles. The first-order chi connectivity index (χ1) is 11.6. The first kappa shape index (κ1) is 15.4. The summed E-state index contributed by atoms with van der Waals surface area (Å²) in [5.74, 6) is 0.0431. The summed E-state index contributed by atoms with van der Waals surface area (Å²) in [6.07, 6.45) is 0. The average Bonchev–Trinajstić information content (AvgIpc) is 2.60. The minimum absolute atomic E-state index is 0.0479. The van der Waals surface area contributed by atoms with E-state index in [0.29, 0.717) is 5.39 Å². The molecule has 3 rings (SSSR count). The fraction of sp³-hybridized carbons (Fsp3) is 0.0588. The van der Waals surface area contributed by atoms with E-state index in [4.69, 9.17) is 4.74 Å². The van der Waals surface area contributed by atoms with Crippen molar-refractivity contribution in [3.05, 3.63) is 64.7 Å². The van der Waals surface area contributed by atoms with Gasteiger partial charge in [-0.25, -0.2) is 0 Å². The third-order valence-corrected chi connectivity index (χ3v) is 3.52. The fourth-order valence-electron chi connectivity index (χ4n) is 2.39. The maximum absolute atomic E-state index is 11.3. The Morgan fingerprint density at radius 1 is 1.04 bits per heavy atom. The van der Waals surface area contributed by atoms with E-state index >= 15 is 0 Å². The highest BCUT2D eigenvalue weighted by Crippen LogP contribution is 2.40. The minimum Gasteiger partial charge on any atom is -0.506 e. The fourth-order valence-corrected chi connectivity index (χ4v) is 2.39. The van der Waals surface area contributed by atoms with Gasteiger partial charge >= 0.3 is 5.69 Å². The molecule has 0 atom stereocenters. The number of para-hydroxylation sites is 1. The zero-order valence-corrected chi connectivity index (χ0v) is 12.7. The van der Waals surface area contributed by atoms with Crippen LogP contribution in [-0.2, 0) is 0 Å². The summed E-state index contributed by atoms with van der Waals surface area (Å²) in [4.78, 5) is 10.7. The van der Waals surface area contributed by atoms with E-state index in [1.165, 1.54) is 25.3 Å². The molecule has 0 radical (unpaired) electrons. The number of rotatable bonds is 4. The zero-order valence-electron chi connectivity index (χ0n) is 12.7. The van der Waals surface area contributed by atoms with Crippen molar-refractivity contribution in [2.75, 3.05) is 7.11 Å². The van der Waals surface area contributed by atoms with Gasteiger partial charge < -0.3 is 9.84 Å². The number of nitro groups is 1. The monoisotopic (exact) mass is 323 g/mol. The van der Waals surface area contributed by atoms with Gasteiger partial charge in [-0.05, 0) is 23.6 Å². The van der Waals surface area contributed by atoms with Gasteiger partial charge in [0.2, 0.25) is 0 Å². The predicted octanol–water partition coefficient (Wildman–Crippen LogP) is 4.88. The van der Waals surface area contributed by atoms with Crippen LogP contribution in [0, 0.1) is 10.1 Å². The Bertz CT molecular complexity index is 954. The van der Waals surface area contributed by atoms with Crippen molar-refractivity contribution in [2.45, 2.75) is 0 Å². The van der Waals surface area contributed by atoms with Gasteiger partial charge in [0.1, 0.15) is 11.4 Å². The summed E-state index contributed by atoms with van der Waals surface area (Å²) in [6.45, 7) is 0. The van der Waals surface area contributed by atoms with Crippen molar-refractivity contribution in [3.63, 3.8) is 0 Å². The van der Waals surface area contributed by atoms with Gasteiger partial charge in [0.05, 0.1) is 12.0 Å². The van der Waals surface area contributed by atoms with Crippen LogP contribution >= 0.6 is 0 Å². The van der Waals surface area contributed by atoms with E-state index in [2.05, 4.69) is 10.2 Å². The molecule has 3 aromatic carbocycles. The largest absolute Gasteiger partial charge is 0.506 e. The third kappa shape index (κ3) is 2.74. The molecule has 0 amide bonds. The number of benzene rings is 3. The van der Waals surface area contributed by atoms with Crippen molar-refractivity contribution in [3.8, 4) is 11.5 Å². The van der Waals surface area contributed by atoms with Crippen LogP contribution in [0.5, 0.6) is 11.5 Å². The van der Waals surface area contributed by atoms with Gasteiger partial charge in [-0.1, -0.05) is 36.4 Å². The smallest absolute Gasteiger partial charge is 0.338 e. The zero-order chi connectivity index (χ0) is 17.1. The Balaban J connectivity index is 2.13. The van der Waals surface area contributed by atoms with Gasteiger partial charge in [0, 0.05) is 5.39 Å². The van der Waals surface area contributed by atoms with Crippen LogP contribution in [0.3, 0.4) is 0 Å². The highest BCUT2D eigenvalue weighted by Gasteiger charge is 2.20. The Kier molecular flexibility index (Phi) is 4.07. The van der Waals surface area contributed by atoms with Crippen molar-refractivity contribution in [2.24, 2.45) is 10.2 Å². The number of azo groups is 1. The quantitative estimate of drug-likeness (QED) is 0.420. The Hall–Kier alpha value is -3.48. The lowest BCUT2D eigenvalue weighted by Crippen LogP contribution is -1.93. The topological polar surface area (TPSA) is 97.3 Å². The average molecular weight is 323 g/mol. The summed E-state index contributed by atoms with van der Waals surface area (Å²) in [5, 5.41) is 30.9. The lowest BCUT2D eigenvalue weighted by molar-refractivity contribution is -0.385. The standard InChI is InChI=1S/C17H13N3O4/c1-24-15-8-4-7-13(17(15)20(22)23)18-19-16-12-6-3-2-5-11(12)9-10-14(16)21/h2-10,21H,1H3. The van der Waals surface area contributed by atoms with Crippen molar-refractivity contribution < 1.29 is 14.8 Å². The molecule has 7 nitrogen and oxygen atoms in total. The van der Waals surface area contributed by atoms with Crippen molar-refractivity contribution in [1.82, 2.24) is 0 Å². The number of phenols is 1. The van der Waals surface area contributed by atoms with Crippen LogP contribution in [-0.4, -0.2) is 17.1 Å². The number of aromatic hydroxyl groups is 1. The normalized spacial score (nSPS) is 11.0. The number of nitro benzene ring substituents is 1. The molecule has 0 fully saturated rings. The molecular weight excluding hydrogens is 310 g/mol. The van der Waals surface area contributed by atoms with E-state index in [1.54, 1.807) is 18.2 Å². The second kappa shape index (κ2) is 6.33. The molecular formula is C17H13N3O4. The Labute approximate surface area is 137 Å². The molecule has 0 heterocycles. The van der Waals surface area contributed by atoms with Crippen LogP contribution in [0.4, 0.5) is 17.1 Å². The molecule has 0 unspecified atom stereocenters. The van der Waals surface area contributed by atoms with Gasteiger partial charge in [-0.3, -0.25) is 10.1 Å². The SMILES string of the molecule is COc1cccc(N=Nc2c(O)ccc3ccccc23)c1[N+](=O)[O-]. The van der Waals surface area contributed by atoms with E-state index in [1.807, 2.05) is 18.2 Å². The van der Waals surface area contributed by atoms with E-state index in [0.717, 1.165) is 5.39 Å². The molecule has 3 aromatic rings. The summed E-state index contributed by atoms with van der Waals surface area (Å²) in [7, 11) is 1.35. The highest BCUT2D eigenvalue weighted by molar-refractivity contribution is 5.95. The van der Waals surface area contributed by atoms with Gasteiger partial charge in [0.15, 0.2) is 11.4 Å². The first-order valence-corrected chi connectivity index (χ1v) is 7.05. The van der Waals surface area contributed by atoms with Gasteiger partial charge in [-0.15, -0.1) is 10.2 Å². The predicted molar refractivity (Wildman–Crippen MR) is 89.4 cm³/mol. The summed E-state index contributed by atoms with van der Waals surface area (Å²) in [5.41, 5.74) is 0.0281. The molecule has 0 bridgehead atoms. The van der Waals surface area contributed by atoms with Crippen LogP contribution in [0.15, 0.2) is 64.8 Å². The number of hydrogen-bond donors (Lipinski definition) is 1. The highest BCUT2D eigenvalue weighted by atomic mass is 16.6. The molecule has 0 spiro atoms. The Morgan fingerprint density at radius 2 is 1.83 bits per heavy atom. The molecule has 0 aromatic heterocycles. The van der Waals surface area contributed by atoms with E-state index in [-0.39, 0.29) is 28.6 Å². The van der Waals surface area contributed by atoms with Crippen LogP contribution < -0.4 is 4.74 Å². The molecule has 1 N–H and O–H groups in total. The molecule has 7 heteroatoms. The number of methoxy groups -OCH3 is 1. The number of nitrogens with zero attached hydrogens (tertiary/aromatic N) is 3. The summed E-state index contributed by atoms with van der Waals surface area (Å²) < 4.78 is 5.00. The number of phenolic OH excluding ortho intramolecular Hbond substituents is 1. The second-order valence-electron chi connectivity index (χ2n) is 4.94. The van der Waals surface area contributed by atoms with Crippen LogP contribution in [0.25, 0.3) is 10.8 Å². The lowest BCUT2D eigenvalue weighted by atomic mass is 10.1. The van der Waals surface area contributed by atoms with Crippen molar-refractivity contribution >= 4 is 27.8 Å².